The maximum atomic E-state index is 10.2. The molecular formula is C16H17ClO. The molecule has 0 aliphatic rings. The third-order valence-corrected chi connectivity index (χ3v) is 3.62. The maximum Gasteiger partial charge on any atom is 0.0865 e. The van der Waals surface area contributed by atoms with E-state index in [4.69, 9.17) is 11.6 Å². The van der Waals surface area contributed by atoms with Crippen LogP contribution in [0.3, 0.4) is 0 Å². The van der Waals surface area contributed by atoms with E-state index in [0.29, 0.717) is 6.42 Å². The number of aliphatic hydroxyl groups is 1. The van der Waals surface area contributed by atoms with Gasteiger partial charge in [0.15, 0.2) is 0 Å². The van der Waals surface area contributed by atoms with Gasteiger partial charge in [-0.1, -0.05) is 54.9 Å². The predicted molar refractivity (Wildman–Crippen MR) is 76.7 cm³/mol. The van der Waals surface area contributed by atoms with Crippen LogP contribution in [0.25, 0.3) is 11.1 Å². The molecular weight excluding hydrogens is 244 g/mol. The minimum absolute atomic E-state index is 0.702. The van der Waals surface area contributed by atoms with Crippen molar-refractivity contribution < 1.29 is 5.11 Å². The molecule has 1 unspecified atom stereocenters. The first-order chi connectivity index (χ1) is 8.53. The topological polar surface area (TPSA) is 20.2 Å². The van der Waals surface area contributed by atoms with Crippen LogP contribution in [0.4, 0.5) is 0 Å². The van der Waals surface area contributed by atoms with Crippen molar-refractivity contribution in [1.29, 1.82) is 0 Å². The minimum Gasteiger partial charge on any atom is -0.385 e. The molecule has 1 nitrogen and oxygen atoms in total. The first kappa shape index (κ1) is 13.1. The van der Waals surface area contributed by atoms with Gasteiger partial charge in [0.2, 0.25) is 0 Å². The second-order valence-corrected chi connectivity index (χ2v) is 5.15. The molecule has 0 aliphatic heterocycles. The van der Waals surface area contributed by atoms with Crippen molar-refractivity contribution in [3.05, 3.63) is 59.1 Å². The molecule has 0 radical (unpaired) electrons. The Morgan fingerprint density at radius 1 is 0.944 bits per heavy atom. The summed E-state index contributed by atoms with van der Waals surface area (Å²) in [4.78, 5) is 0. The Bertz CT molecular complexity index is 512. The zero-order valence-corrected chi connectivity index (χ0v) is 11.4. The van der Waals surface area contributed by atoms with Crippen molar-refractivity contribution in [2.24, 2.45) is 0 Å². The number of hydrogen-bond donors (Lipinski definition) is 1. The van der Waals surface area contributed by atoms with Crippen molar-refractivity contribution in [2.75, 3.05) is 0 Å². The van der Waals surface area contributed by atoms with E-state index in [0.717, 1.165) is 21.7 Å². The van der Waals surface area contributed by atoms with Gasteiger partial charge in [-0.15, -0.1) is 0 Å². The van der Waals surface area contributed by atoms with Crippen LogP contribution >= 0.6 is 11.6 Å². The summed E-state index contributed by atoms with van der Waals surface area (Å²) in [6, 6.07) is 15.8. The predicted octanol–water partition coefficient (Wildman–Crippen LogP) is 4.62. The summed E-state index contributed by atoms with van der Waals surface area (Å²) in [5.41, 5.74) is 2.45. The van der Waals surface area contributed by atoms with Crippen molar-refractivity contribution in [3.63, 3.8) is 0 Å². The molecule has 0 amide bonds. The van der Waals surface area contributed by atoms with E-state index < -0.39 is 5.60 Å². The van der Waals surface area contributed by atoms with Crippen LogP contribution < -0.4 is 0 Å². The van der Waals surface area contributed by atoms with Gasteiger partial charge in [0.05, 0.1) is 5.60 Å². The zero-order valence-electron chi connectivity index (χ0n) is 10.7. The first-order valence-electron chi connectivity index (χ1n) is 6.12. The fourth-order valence-corrected chi connectivity index (χ4v) is 1.99. The van der Waals surface area contributed by atoms with Gasteiger partial charge in [-0.3, -0.25) is 0 Å². The Kier molecular flexibility index (Phi) is 3.74. The normalized spacial score (nSPS) is 14.2. The maximum absolute atomic E-state index is 10.2. The Labute approximate surface area is 113 Å². The van der Waals surface area contributed by atoms with Crippen molar-refractivity contribution >= 4 is 11.6 Å². The van der Waals surface area contributed by atoms with Crippen molar-refractivity contribution in [1.82, 2.24) is 0 Å². The number of rotatable bonds is 3. The highest BCUT2D eigenvalue weighted by Crippen LogP contribution is 2.27. The summed E-state index contributed by atoms with van der Waals surface area (Å²) in [6.45, 7) is 3.82. The fraction of sp³-hybridized carbons (Fsp3) is 0.250. The minimum atomic E-state index is -0.751. The molecule has 18 heavy (non-hydrogen) atoms. The van der Waals surface area contributed by atoms with Crippen LogP contribution in [0, 0.1) is 0 Å². The molecule has 1 N–H and O–H groups in total. The van der Waals surface area contributed by atoms with Crippen LogP contribution in [0.2, 0.25) is 5.02 Å². The monoisotopic (exact) mass is 260 g/mol. The van der Waals surface area contributed by atoms with E-state index in [9.17, 15) is 5.11 Å². The van der Waals surface area contributed by atoms with Gasteiger partial charge < -0.3 is 5.11 Å². The highest BCUT2D eigenvalue weighted by molar-refractivity contribution is 6.30. The molecule has 0 aromatic heterocycles. The largest absolute Gasteiger partial charge is 0.385 e. The SMILES string of the molecule is CCC(C)(O)c1ccc(-c2ccc(Cl)cc2)cc1. The average Bonchev–Trinajstić information content (AvgIpc) is 2.40. The smallest absolute Gasteiger partial charge is 0.0865 e. The summed E-state index contributed by atoms with van der Waals surface area (Å²) < 4.78 is 0. The van der Waals surface area contributed by atoms with Crippen LogP contribution in [0.15, 0.2) is 48.5 Å². The lowest BCUT2D eigenvalue weighted by atomic mass is 9.92. The summed E-state index contributed by atoms with van der Waals surface area (Å²) in [6.07, 6.45) is 0.702. The Morgan fingerprint density at radius 2 is 1.39 bits per heavy atom. The van der Waals surface area contributed by atoms with E-state index in [1.54, 1.807) is 0 Å². The molecule has 0 heterocycles. The second-order valence-electron chi connectivity index (χ2n) is 4.71. The van der Waals surface area contributed by atoms with E-state index >= 15 is 0 Å². The summed E-state index contributed by atoms with van der Waals surface area (Å²) in [5.74, 6) is 0. The van der Waals surface area contributed by atoms with Gasteiger partial charge in [0.25, 0.3) is 0 Å². The Morgan fingerprint density at radius 3 is 1.83 bits per heavy atom. The lowest BCUT2D eigenvalue weighted by Crippen LogP contribution is -2.19. The molecule has 1 atom stereocenters. The molecule has 0 spiro atoms. The summed E-state index contributed by atoms with van der Waals surface area (Å²) in [7, 11) is 0. The highest BCUT2D eigenvalue weighted by Gasteiger charge is 2.19. The molecule has 2 heteroatoms. The molecule has 0 saturated carbocycles. The number of halogens is 1. The first-order valence-corrected chi connectivity index (χ1v) is 6.49. The molecule has 2 aromatic rings. The lowest BCUT2D eigenvalue weighted by molar-refractivity contribution is 0.0531. The van der Waals surface area contributed by atoms with Crippen molar-refractivity contribution in [2.45, 2.75) is 25.9 Å². The standard InChI is InChI=1S/C16H17ClO/c1-3-16(2,18)14-8-4-12(5-9-14)13-6-10-15(17)11-7-13/h4-11,18H,3H2,1-2H3. The zero-order chi connectivity index (χ0) is 13.2. The van der Waals surface area contributed by atoms with Gasteiger partial charge in [0.1, 0.15) is 0 Å². The second kappa shape index (κ2) is 5.13. The van der Waals surface area contributed by atoms with Crippen LogP contribution in [0.5, 0.6) is 0 Å². The van der Waals surface area contributed by atoms with Crippen LogP contribution in [-0.2, 0) is 5.60 Å². The third kappa shape index (κ3) is 2.74. The van der Waals surface area contributed by atoms with Crippen molar-refractivity contribution in [3.8, 4) is 11.1 Å². The highest BCUT2D eigenvalue weighted by atomic mass is 35.5. The van der Waals surface area contributed by atoms with Gasteiger partial charge in [-0.25, -0.2) is 0 Å². The molecule has 0 fully saturated rings. The Hall–Kier alpha value is -1.31. The molecule has 94 valence electrons. The molecule has 0 bridgehead atoms. The van der Waals surface area contributed by atoms with E-state index in [2.05, 4.69) is 0 Å². The summed E-state index contributed by atoms with van der Waals surface area (Å²) in [5, 5.41) is 10.9. The molecule has 2 aromatic carbocycles. The lowest BCUT2D eigenvalue weighted by Gasteiger charge is -2.22. The van der Waals surface area contributed by atoms with E-state index in [-0.39, 0.29) is 0 Å². The van der Waals surface area contributed by atoms with E-state index in [1.807, 2.05) is 62.4 Å². The van der Waals surface area contributed by atoms with Gasteiger partial charge in [-0.2, -0.15) is 0 Å². The Balaban J connectivity index is 2.30. The fourth-order valence-electron chi connectivity index (χ4n) is 1.87. The number of benzene rings is 2. The van der Waals surface area contributed by atoms with Crippen LogP contribution in [0.1, 0.15) is 25.8 Å². The average molecular weight is 261 g/mol. The molecule has 0 saturated heterocycles. The van der Waals surface area contributed by atoms with E-state index in [1.165, 1.54) is 0 Å². The molecule has 0 aliphatic carbocycles. The van der Waals surface area contributed by atoms with Gasteiger partial charge in [0, 0.05) is 5.02 Å². The third-order valence-electron chi connectivity index (χ3n) is 3.37. The summed E-state index contributed by atoms with van der Waals surface area (Å²) >= 11 is 5.87. The number of hydrogen-bond acceptors (Lipinski definition) is 1. The van der Waals surface area contributed by atoms with Gasteiger partial charge >= 0.3 is 0 Å². The molecule has 2 rings (SSSR count). The van der Waals surface area contributed by atoms with Crippen LogP contribution in [-0.4, -0.2) is 5.11 Å². The quantitative estimate of drug-likeness (QED) is 0.853. The van der Waals surface area contributed by atoms with Gasteiger partial charge in [-0.05, 0) is 42.2 Å².